The lowest BCUT2D eigenvalue weighted by Crippen LogP contribution is -2.24. The largest absolute Gasteiger partial charge is 0.467 e. The van der Waals surface area contributed by atoms with Crippen molar-refractivity contribution in [2.75, 3.05) is 5.32 Å². The van der Waals surface area contributed by atoms with Gasteiger partial charge in [0.15, 0.2) is 0 Å². The van der Waals surface area contributed by atoms with Crippen LogP contribution in [-0.2, 0) is 6.54 Å². The molecule has 3 aromatic rings. The summed E-state index contributed by atoms with van der Waals surface area (Å²) in [6, 6.07) is 14.0. The summed E-state index contributed by atoms with van der Waals surface area (Å²) in [4.78, 5) is 28.5. The third kappa shape index (κ3) is 4.32. The van der Waals surface area contributed by atoms with Gasteiger partial charge in [-0.3, -0.25) is 14.6 Å². The Hall–Kier alpha value is -3.41. The molecule has 2 aromatic heterocycles. The van der Waals surface area contributed by atoms with Crippen LogP contribution in [-0.4, -0.2) is 16.8 Å². The number of benzene rings is 1. The van der Waals surface area contributed by atoms with Crippen molar-refractivity contribution in [3.63, 3.8) is 0 Å². The highest BCUT2D eigenvalue weighted by Crippen LogP contribution is 2.11. The number of furan rings is 1. The van der Waals surface area contributed by atoms with Gasteiger partial charge in [0, 0.05) is 17.4 Å². The molecule has 6 nitrogen and oxygen atoms in total. The molecule has 0 unspecified atom stereocenters. The van der Waals surface area contributed by atoms with Crippen molar-refractivity contribution in [2.45, 2.75) is 13.5 Å². The van der Waals surface area contributed by atoms with Gasteiger partial charge in [0.25, 0.3) is 11.8 Å². The van der Waals surface area contributed by atoms with Crippen LogP contribution in [0.25, 0.3) is 0 Å². The average Bonchev–Trinajstić information content (AvgIpc) is 3.15. The van der Waals surface area contributed by atoms with Crippen molar-refractivity contribution in [3.05, 3.63) is 83.6 Å². The molecule has 6 heteroatoms. The summed E-state index contributed by atoms with van der Waals surface area (Å²) in [6.07, 6.45) is 2.97. The van der Waals surface area contributed by atoms with Gasteiger partial charge in [0.1, 0.15) is 11.5 Å². The smallest absolute Gasteiger partial charge is 0.270 e. The quantitative estimate of drug-likeness (QED) is 0.750. The molecule has 0 spiro atoms. The number of anilines is 1. The van der Waals surface area contributed by atoms with Crippen molar-refractivity contribution in [2.24, 2.45) is 0 Å². The Morgan fingerprint density at radius 2 is 1.88 bits per heavy atom. The second-order valence-electron chi connectivity index (χ2n) is 5.51. The van der Waals surface area contributed by atoms with E-state index in [1.54, 1.807) is 18.2 Å². The summed E-state index contributed by atoms with van der Waals surface area (Å²) in [5.74, 6) is -0.0330. The minimum absolute atomic E-state index is 0.170. The SMILES string of the molecule is Cc1ccc(NC(=O)c2ccnc(C(=O)NCc3ccco3)c2)cc1. The first-order chi connectivity index (χ1) is 12.1. The van der Waals surface area contributed by atoms with E-state index < -0.39 is 0 Å². The van der Waals surface area contributed by atoms with Gasteiger partial charge in [-0.2, -0.15) is 0 Å². The number of nitrogens with zero attached hydrogens (tertiary/aromatic N) is 1. The fraction of sp³-hybridized carbons (Fsp3) is 0.105. The van der Waals surface area contributed by atoms with Gasteiger partial charge in [-0.15, -0.1) is 0 Å². The summed E-state index contributed by atoms with van der Waals surface area (Å²) in [5, 5.41) is 5.49. The van der Waals surface area contributed by atoms with Crippen molar-refractivity contribution >= 4 is 17.5 Å². The Balaban J connectivity index is 1.66. The Morgan fingerprint density at radius 1 is 1.08 bits per heavy atom. The van der Waals surface area contributed by atoms with E-state index in [2.05, 4.69) is 15.6 Å². The molecule has 25 heavy (non-hydrogen) atoms. The minimum atomic E-state index is -0.374. The lowest BCUT2D eigenvalue weighted by Gasteiger charge is -2.07. The Labute approximate surface area is 144 Å². The molecule has 0 bridgehead atoms. The van der Waals surface area contributed by atoms with Gasteiger partial charge in [-0.05, 0) is 43.3 Å². The Morgan fingerprint density at radius 3 is 2.60 bits per heavy atom. The van der Waals surface area contributed by atoms with Gasteiger partial charge in [-0.25, -0.2) is 0 Å². The maximum absolute atomic E-state index is 12.3. The second-order valence-corrected chi connectivity index (χ2v) is 5.51. The number of carbonyl (C=O) groups is 2. The molecule has 2 amide bonds. The summed E-state index contributed by atoms with van der Waals surface area (Å²) in [6.45, 7) is 2.23. The lowest BCUT2D eigenvalue weighted by molar-refractivity contribution is 0.0943. The normalized spacial score (nSPS) is 10.3. The van der Waals surface area contributed by atoms with Gasteiger partial charge >= 0.3 is 0 Å². The highest BCUT2D eigenvalue weighted by atomic mass is 16.3. The molecule has 0 saturated carbocycles. The number of hydrogen-bond donors (Lipinski definition) is 2. The third-order valence-electron chi connectivity index (χ3n) is 3.57. The van der Waals surface area contributed by atoms with Crippen molar-refractivity contribution < 1.29 is 14.0 Å². The zero-order chi connectivity index (χ0) is 17.6. The molecule has 2 heterocycles. The summed E-state index contributed by atoms with van der Waals surface area (Å²) < 4.78 is 5.16. The fourth-order valence-electron chi connectivity index (χ4n) is 2.21. The fourth-order valence-corrected chi connectivity index (χ4v) is 2.21. The van der Waals surface area contributed by atoms with Gasteiger partial charge in [-0.1, -0.05) is 17.7 Å². The maximum atomic E-state index is 12.3. The van der Waals surface area contributed by atoms with E-state index in [0.29, 0.717) is 17.0 Å². The average molecular weight is 335 g/mol. The van der Waals surface area contributed by atoms with Crippen LogP contribution in [0.2, 0.25) is 0 Å². The molecular formula is C19H17N3O3. The summed E-state index contributed by atoms with van der Waals surface area (Å²) >= 11 is 0. The number of aromatic nitrogens is 1. The topological polar surface area (TPSA) is 84.2 Å². The molecule has 0 aliphatic rings. The van der Waals surface area contributed by atoms with E-state index in [0.717, 1.165) is 5.56 Å². The molecule has 0 aliphatic carbocycles. The van der Waals surface area contributed by atoms with Gasteiger partial charge < -0.3 is 15.1 Å². The van der Waals surface area contributed by atoms with Crippen LogP contribution in [0, 0.1) is 6.92 Å². The molecule has 0 radical (unpaired) electrons. The minimum Gasteiger partial charge on any atom is -0.467 e. The zero-order valence-electron chi connectivity index (χ0n) is 13.7. The standard InChI is InChI=1S/C19H17N3O3/c1-13-4-6-15(7-5-13)22-18(23)14-8-9-20-17(11-14)19(24)21-12-16-3-2-10-25-16/h2-11H,12H2,1H3,(H,21,24)(H,22,23). The van der Waals surface area contributed by atoms with E-state index in [-0.39, 0.29) is 24.1 Å². The highest BCUT2D eigenvalue weighted by Gasteiger charge is 2.12. The van der Waals surface area contributed by atoms with E-state index in [1.165, 1.54) is 18.5 Å². The predicted octanol–water partition coefficient (Wildman–Crippen LogP) is 3.17. The van der Waals surface area contributed by atoms with Crippen LogP contribution in [0.4, 0.5) is 5.69 Å². The molecule has 3 rings (SSSR count). The molecule has 1 aromatic carbocycles. The molecule has 0 fully saturated rings. The first kappa shape index (κ1) is 16.4. The highest BCUT2D eigenvalue weighted by molar-refractivity contribution is 6.05. The van der Waals surface area contributed by atoms with Crippen molar-refractivity contribution in [1.29, 1.82) is 0 Å². The van der Waals surface area contributed by atoms with Crippen molar-refractivity contribution in [3.8, 4) is 0 Å². The number of pyridine rings is 1. The Bertz CT molecular complexity index is 871. The van der Waals surface area contributed by atoms with E-state index in [9.17, 15) is 9.59 Å². The number of amides is 2. The van der Waals surface area contributed by atoms with Crippen LogP contribution in [0.5, 0.6) is 0 Å². The first-order valence-corrected chi connectivity index (χ1v) is 7.76. The van der Waals surface area contributed by atoms with Gasteiger partial charge in [0.05, 0.1) is 12.8 Å². The third-order valence-corrected chi connectivity index (χ3v) is 3.57. The van der Waals surface area contributed by atoms with Crippen LogP contribution in [0.15, 0.2) is 65.4 Å². The van der Waals surface area contributed by atoms with Crippen LogP contribution in [0.1, 0.15) is 32.2 Å². The lowest BCUT2D eigenvalue weighted by atomic mass is 10.2. The summed E-state index contributed by atoms with van der Waals surface area (Å²) in [5.41, 5.74) is 2.33. The van der Waals surface area contributed by atoms with Crippen LogP contribution < -0.4 is 10.6 Å². The predicted molar refractivity (Wildman–Crippen MR) is 93.2 cm³/mol. The zero-order valence-corrected chi connectivity index (χ0v) is 13.7. The molecule has 0 saturated heterocycles. The summed E-state index contributed by atoms with van der Waals surface area (Å²) in [7, 11) is 0. The number of rotatable bonds is 5. The molecule has 2 N–H and O–H groups in total. The van der Waals surface area contributed by atoms with Gasteiger partial charge in [0.2, 0.25) is 0 Å². The maximum Gasteiger partial charge on any atom is 0.270 e. The molecule has 0 atom stereocenters. The Kier molecular flexibility index (Phi) is 4.89. The molecule has 0 aliphatic heterocycles. The first-order valence-electron chi connectivity index (χ1n) is 7.76. The van der Waals surface area contributed by atoms with Crippen LogP contribution in [0.3, 0.4) is 0 Å². The van der Waals surface area contributed by atoms with E-state index >= 15 is 0 Å². The number of nitrogens with one attached hydrogen (secondary N) is 2. The number of carbonyl (C=O) groups excluding carboxylic acids is 2. The van der Waals surface area contributed by atoms with E-state index in [1.807, 2.05) is 31.2 Å². The number of aryl methyl sites for hydroxylation is 1. The van der Waals surface area contributed by atoms with Crippen molar-refractivity contribution in [1.82, 2.24) is 10.3 Å². The van der Waals surface area contributed by atoms with Crippen LogP contribution >= 0.6 is 0 Å². The monoisotopic (exact) mass is 335 g/mol. The molecule has 126 valence electrons. The number of hydrogen-bond acceptors (Lipinski definition) is 4. The molecular weight excluding hydrogens is 318 g/mol. The van der Waals surface area contributed by atoms with E-state index in [4.69, 9.17) is 4.42 Å². The second kappa shape index (κ2) is 7.44.